The van der Waals surface area contributed by atoms with E-state index in [4.69, 9.17) is 4.74 Å². The maximum atomic E-state index is 12.6. The number of rotatable bonds is 5. The number of nitrogens with zero attached hydrogens (tertiary/aromatic N) is 2. The number of carbonyl (C=O) groups is 2. The lowest BCUT2D eigenvalue weighted by Gasteiger charge is -2.30. The van der Waals surface area contributed by atoms with Crippen LogP contribution in [0.15, 0.2) is 48.5 Å². The summed E-state index contributed by atoms with van der Waals surface area (Å²) in [4.78, 5) is 28.2. The Morgan fingerprint density at radius 3 is 2.42 bits per heavy atom. The summed E-state index contributed by atoms with van der Waals surface area (Å²) in [5, 5.41) is 0. The Balaban J connectivity index is 1.62. The minimum atomic E-state index is -0.0769. The summed E-state index contributed by atoms with van der Waals surface area (Å²) in [5.41, 5.74) is 3.31. The molecule has 2 aromatic carbocycles. The summed E-state index contributed by atoms with van der Waals surface area (Å²) in [6.45, 7) is 3.28. The first kappa shape index (κ1) is 18.0. The molecular formula is C21H24N2O3. The highest BCUT2D eigenvalue weighted by Crippen LogP contribution is 2.21. The molecule has 0 fully saturated rings. The molecule has 0 radical (unpaired) electrons. The first-order chi connectivity index (χ1) is 12.6. The van der Waals surface area contributed by atoms with E-state index < -0.39 is 0 Å². The summed E-state index contributed by atoms with van der Waals surface area (Å²) in [6, 6.07) is 15.5. The maximum absolute atomic E-state index is 12.6. The van der Waals surface area contributed by atoms with Crippen LogP contribution in [0.2, 0.25) is 0 Å². The van der Waals surface area contributed by atoms with E-state index in [-0.39, 0.29) is 11.8 Å². The molecule has 0 N–H and O–H groups in total. The lowest BCUT2D eigenvalue weighted by atomic mass is 10.00. The van der Waals surface area contributed by atoms with E-state index in [1.807, 2.05) is 41.3 Å². The van der Waals surface area contributed by atoms with Crippen molar-refractivity contribution in [2.75, 3.05) is 25.1 Å². The standard InChI is InChI=1S/C21H24N2O3/c1-16(24)23(19-7-9-20(26-2)10-8-19)14-12-21(25)22-13-11-17-5-3-4-6-18(17)15-22/h3-10H,11-15H2,1-2H3. The molecule has 1 aliphatic rings. The van der Waals surface area contributed by atoms with Gasteiger partial charge in [-0.1, -0.05) is 24.3 Å². The zero-order chi connectivity index (χ0) is 18.5. The van der Waals surface area contributed by atoms with Gasteiger partial charge < -0.3 is 14.5 Å². The molecule has 0 bridgehead atoms. The SMILES string of the molecule is COc1ccc(N(CCC(=O)N2CCc3ccccc3C2)C(C)=O)cc1. The molecular weight excluding hydrogens is 328 g/mol. The van der Waals surface area contributed by atoms with E-state index in [1.54, 1.807) is 12.0 Å². The van der Waals surface area contributed by atoms with Crippen molar-refractivity contribution in [3.63, 3.8) is 0 Å². The topological polar surface area (TPSA) is 49.9 Å². The van der Waals surface area contributed by atoms with Crippen LogP contribution in [0.25, 0.3) is 0 Å². The third-order valence-corrected chi connectivity index (χ3v) is 4.80. The summed E-state index contributed by atoms with van der Waals surface area (Å²) in [5.74, 6) is 0.742. The Bertz CT molecular complexity index is 786. The van der Waals surface area contributed by atoms with Gasteiger partial charge in [-0.05, 0) is 41.8 Å². The molecule has 0 aromatic heterocycles. The van der Waals surface area contributed by atoms with Gasteiger partial charge in [0.2, 0.25) is 11.8 Å². The quantitative estimate of drug-likeness (QED) is 0.831. The fraction of sp³-hybridized carbons (Fsp3) is 0.333. The summed E-state index contributed by atoms with van der Waals surface area (Å²) < 4.78 is 5.15. The van der Waals surface area contributed by atoms with Crippen LogP contribution in [0.3, 0.4) is 0 Å². The molecule has 26 heavy (non-hydrogen) atoms. The number of benzene rings is 2. The lowest BCUT2D eigenvalue weighted by molar-refractivity contribution is -0.131. The van der Waals surface area contributed by atoms with Gasteiger partial charge in [0.05, 0.1) is 7.11 Å². The highest BCUT2D eigenvalue weighted by molar-refractivity contribution is 5.92. The Labute approximate surface area is 154 Å². The number of hydrogen-bond donors (Lipinski definition) is 0. The second kappa shape index (κ2) is 8.04. The molecule has 2 amide bonds. The van der Waals surface area contributed by atoms with Gasteiger partial charge in [-0.25, -0.2) is 0 Å². The first-order valence-electron chi connectivity index (χ1n) is 8.85. The Kier molecular flexibility index (Phi) is 5.56. The smallest absolute Gasteiger partial charge is 0.224 e. The maximum Gasteiger partial charge on any atom is 0.224 e. The van der Waals surface area contributed by atoms with Gasteiger partial charge in [-0.3, -0.25) is 9.59 Å². The predicted molar refractivity (Wildman–Crippen MR) is 101 cm³/mol. The highest BCUT2D eigenvalue weighted by atomic mass is 16.5. The molecule has 0 saturated carbocycles. The summed E-state index contributed by atoms with van der Waals surface area (Å²) >= 11 is 0. The van der Waals surface area contributed by atoms with E-state index in [2.05, 4.69) is 12.1 Å². The number of hydrogen-bond acceptors (Lipinski definition) is 3. The van der Waals surface area contributed by atoms with Crippen molar-refractivity contribution in [1.29, 1.82) is 0 Å². The molecule has 1 aliphatic heterocycles. The van der Waals surface area contributed by atoms with Gasteiger partial charge in [0.15, 0.2) is 0 Å². The van der Waals surface area contributed by atoms with Crippen LogP contribution in [-0.2, 0) is 22.6 Å². The van der Waals surface area contributed by atoms with Crippen molar-refractivity contribution in [3.8, 4) is 5.75 Å². The van der Waals surface area contributed by atoms with Gasteiger partial charge in [0, 0.05) is 38.7 Å². The van der Waals surface area contributed by atoms with Crippen molar-refractivity contribution < 1.29 is 14.3 Å². The number of ether oxygens (including phenoxy) is 1. The van der Waals surface area contributed by atoms with Gasteiger partial charge in [0.25, 0.3) is 0 Å². The molecule has 0 aliphatic carbocycles. The number of fused-ring (bicyclic) bond motifs is 1. The van der Waals surface area contributed by atoms with Crippen molar-refractivity contribution in [1.82, 2.24) is 4.90 Å². The highest BCUT2D eigenvalue weighted by Gasteiger charge is 2.21. The first-order valence-corrected chi connectivity index (χ1v) is 8.85. The van der Waals surface area contributed by atoms with Gasteiger partial charge >= 0.3 is 0 Å². The van der Waals surface area contributed by atoms with Crippen molar-refractivity contribution >= 4 is 17.5 Å². The Morgan fingerprint density at radius 2 is 1.77 bits per heavy atom. The van der Waals surface area contributed by atoms with Gasteiger partial charge in [-0.2, -0.15) is 0 Å². The number of anilines is 1. The lowest BCUT2D eigenvalue weighted by Crippen LogP contribution is -2.39. The average Bonchev–Trinajstić information content (AvgIpc) is 2.67. The molecule has 3 rings (SSSR count). The normalized spacial score (nSPS) is 13.1. The number of methoxy groups -OCH3 is 1. The van der Waals surface area contributed by atoms with Crippen molar-refractivity contribution in [2.45, 2.75) is 26.3 Å². The van der Waals surface area contributed by atoms with E-state index in [1.165, 1.54) is 18.1 Å². The van der Waals surface area contributed by atoms with Crippen LogP contribution in [0.5, 0.6) is 5.75 Å². The zero-order valence-corrected chi connectivity index (χ0v) is 15.3. The molecule has 0 spiro atoms. The largest absolute Gasteiger partial charge is 0.497 e. The van der Waals surface area contributed by atoms with Crippen LogP contribution in [-0.4, -0.2) is 36.9 Å². The minimum Gasteiger partial charge on any atom is -0.497 e. The molecule has 0 atom stereocenters. The fourth-order valence-electron chi connectivity index (χ4n) is 3.30. The molecule has 0 unspecified atom stereocenters. The summed E-state index contributed by atoms with van der Waals surface area (Å²) in [7, 11) is 1.60. The zero-order valence-electron chi connectivity index (χ0n) is 15.3. The van der Waals surface area contributed by atoms with Crippen LogP contribution >= 0.6 is 0 Å². The van der Waals surface area contributed by atoms with Crippen molar-refractivity contribution in [3.05, 3.63) is 59.7 Å². The summed E-state index contributed by atoms with van der Waals surface area (Å²) in [6.07, 6.45) is 1.20. The van der Waals surface area contributed by atoms with Crippen molar-refractivity contribution in [2.24, 2.45) is 0 Å². The van der Waals surface area contributed by atoms with Crippen LogP contribution in [0.4, 0.5) is 5.69 Å². The fourth-order valence-corrected chi connectivity index (χ4v) is 3.30. The average molecular weight is 352 g/mol. The molecule has 5 nitrogen and oxygen atoms in total. The second-order valence-corrected chi connectivity index (χ2v) is 6.45. The van der Waals surface area contributed by atoms with E-state index in [0.29, 0.717) is 19.5 Å². The second-order valence-electron chi connectivity index (χ2n) is 6.45. The van der Waals surface area contributed by atoms with Gasteiger partial charge in [0.1, 0.15) is 5.75 Å². The Morgan fingerprint density at radius 1 is 1.08 bits per heavy atom. The number of amides is 2. The molecule has 136 valence electrons. The number of carbonyl (C=O) groups excluding carboxylic acids is 2. The molecule has 0 saturated heterocycles. The van der Waals surface area contributed by atoms with Crippen LogP contribution in [0.1, 0.15) is 24.5 Å². The third kappa shape index (κ3) is 4.04. The predicted octanol–water partition coefficient (Wildman–Crippen LogP) is 3.02. The molecule has 5 heteroatoms. The molecule has 2 aromatic rings. The minimum absolute atomic E-state index is 0.0769. The van der Waals surface area contributed by atoms with Crippen LogP contribution in [0, 0.1) is 0 Å². The van der Waals surface area contributed by atoms with Crippen LogP contribution < -0.4 is 9.64 Å². The van der Waals surface area contributed by atoms with E-state index >= 15 is 0 Å². The van der Waals surface area contributed by atoms with E-state index in [0.717, 1.165) is 24.4 Å². The third-order valence-electron chi connectivity index (χ3n) is 4.80. The Hall–Kier alpha value is -2.82. The molecule has 1 heterocycles. The van der Waals surface area contributed by atoms with Gasteiger partial charge in [-0.15, -0.1) is 0 Å². The van der Waals surface area contributed by atoms with E-state index in [9.17, 15) is 9.59 Å². The monoisotopic (exact) mass is 352 g/mol.